The second-order valence-electron chi connectivity index (χ2n) is 4.88. The van der Waals surface area contributed by atoms with Crippen molar-refractivity contribution in [1.82, 2.24) is 4.98 Å². The molecule has 0 saturated heterocycles. The summed E-state index contributed by atoms with van der Waals surface area (Å²) in [7, 11) is 0. The number of hydrogen-bond acceptors (Lipinski definition) is 2. The minimum absolute atomic E-state index is 0.217. The Morgan fingerprint density at radius 1 is 1.35 bits per heavy atom. The number of Topliss-reactive ketones (excluding diaryl/α,β-unsaturated/α-hetero) is 1. The second kappa shape index (κ2) is 5.76. The van der Waals surface area contributed by atoms with Crippen LogP contribution in [0.25, 0.3) is 0 Å². The topological polar surface area (TPSA) is 30.0 Å². The molecule has 0 unspecified atom stereocenters. The molecule has 1 aliphatic carbocycles. The van der Waals surface area contributed by atoms with Gasteiger partial charge in [0.1, 0.15) is 0 Å². The van der Waals surface area contributed by atoms with E-state index in [0.717, 1.165) is 28.8 Å². The normalized spacial score (nSPS) is 24.6. The molecule has 0 N–H and O–H groups in total. The number of ketones is 1. The van der Waals surface area contributed by atoms with Crippen molar-refractivity contribution in [3.05, 3.63) is 28.5 Å². The minimum Gasteiger partial charge on any atom is -0.294 e. The predicted octanol–water partition coefficient (Wildman–Crippen LogP) is 4.24. The van der Waals surface area contributed by atoms with Crippen LogP contribution in [0.4, 0.5) is 0 Å². The van der Waals surface area contributed by atoms with Gasteiger partial charge < -0.3 is 0 Å². The van der Waals surface area contributed by atoms with Gasteiger partial charge in [-0.2, -0.15) is 0 Å². The lowest BCUT2D eigenvalue weighted by Crippen LogP contribution is -2.21. The lowest BCUT2D eigenvalue weighted by Gasteiger charge is -2.26. The molecule has 1 fully saturated rings. The number of carbonyl (C=O) groups is 1. The predicted molar refractivity (Wildman–Crippen MR) is 72.0 cm³/mol. The van der Waals surface area contributed by atoms with Crippen molar-refractivity contribution >= 4 is 21.7 Å². The van der Waals surface area contributed by atoms with E-state index in [4.69, 9.17) is 0 Å². The van der Waals surface area contributed by atoms with E-state index in [2.05, 4.69) is 27.8 Å². The van der Waals surface area contributed by atoms with Gasteiger partial charge in [-0.05, 0) is 53.6 Å². The molecule has 1 aromatic heterocycles. The molecule has 0 aliphatic heterocycles. The highest BCUT2D eigenvalue weighted by Crippen LogP contribution is 2.32. The molecule has 1 heterocycles. The standard InChI is InChI=1S/C14H18BrNO/c1-2-10-3-5-11(6-4-10)14(17)12-7-13(15)9-16-8-12/h7-11H,2-6H2,1H3. The van der Waals surface area contributed by atoms with Gasteiger partial charge in [-0.1, -0.05) is 13.3 Å². The molecule has 2 nitrogen and oxygen atoms in total. The van der Waals surface area contributed by atoms with Gasteiger partial charge >= 0.3 is 0 Å². The van der Waals surface area contributed by atoms with Crippen LogP contribution in [-0.4, -0.2) is 10.8 Å². The van der Waals surface area contributed by atoms with Crippen LogP contribution in [0.15, 0.2) is 22.9 Å². The smallest absolute Gasteiger partial charge is 0.167 e. The summed E-state index contributed by atoms with van der Waals surface area (Å²) in [4.78, 5) is 16.3. The highest BCUT2D eigenvalue weighted by molar-refractivity contribution is 9.10. The molecule has 0 aromatic carbocycles. The Hall–Kier alpha value is -0.700. The maximum absolute atomic E-state index is 12.3. The van der Waals surface area contributed by atoms with Crippen molar-refractivity contribution in [1.29, 1.82) is 0 Å². The van der Waals surface area contributed by atoms with E-state index in [-0.39, 0.29) is 11.7 Å². The molecule has 0 amide bonds. The van der Waals surface area contributed by atoms with Crippen molar-refractivity contribution in [2.75, 3.05) is 0 Å². The Morgan fingerprint density at radius 3 is 2.65 bits per heavy atom. The number of pyridine rings is 1. The van der Waals surface area contributed by atoms with Crippen LogP contribution in [0.1, 0.15) is 49.4 Å². The Morgan fingerprint density at radius 2 is 2.06 bits per heavy atom. The van der Waals surface area contributed by atoms with Gasteiger partial charge in [0.25, 0.3) is 0 Å². The molecule has 3 heteroatoms. The van der Waals surface area contributed by atoms with E-state index in [1.165, 1.54) is 19.3 Å². The zero-order chi connectivity index (χ0) is 12.3. The van der Waals surface area contributed by atoms with E-state index in [0.29, 0.717) is 0 Å². The number of rotatable bonds is 3. The van der Waals surface area contributed by atoms with Crippen molar-refractivity contribution in [3.63, 3.8) is 0 Å². The third-order valence-corrected chi connectivity index (χ3v) is 4.22. The summed E-state index contributed by atoms with van der Waals surface area (Å²) in [5, 5.41) is 0. The largest absolute Gasteiger partial charge is 0.294 e. The summed E-state index contributed by atoms with van der Waals surface area (Å²) in [5.74, 6) is 1.32. The third-order valence-electron chi connectivity index (χ3n) is 3.78. The Kier molecular flexibility index (Phi) is 4.32. The molecule has 1 aliphatic rings. The lowest BCUT2D eigenvalue weighted by molar-refractivity contribution is 0.0870. The Balaban J connectivity index is 2.02. The van der Waals surface area contributed by atoms with Gasteiger partial charge in [-0.25, -0.2) is 0 Å². The molecule has 1 aromatic rings. The first-order valence-electron chi connectivity index (χ1n) is 6.35. The van der Waals surface area contributed by atoms with Crippen molar-refractivity contribution in [2.45, 2.75) is 39.0 Å². The van der Waals surface area contributed by atoms with Gasteiger partial charge in [-0.3, -0.25) is 9.78 Å². The van der Waals surface area contributed by atoms with E-state index in [1.807, 2.05) is 6.07 Å². The van der Waals surface area contributed by atoms with E-state index < -0.39 is 0 Å². The fourth-order valence-electron chi connectivity index (χ4n) is 2.62. The molecule has 0 bridgehead atoms. The zero-order valence-electron chi connectivity index (χ0n) is 10.2. The van der Waals surface area contributed by atoms with Gasteiger partial charge in [0, 0.05) is 28.3 Å². The van der Waals surface area contributed by atoms with E-state index >= 15 is 0 Å². The van der Waals surface area contributed by atoms with E-state index in [9.17, 15) is 4.79 Å². The van der Waals surface area contributed by atoms with Crippen LogP contribution in [-0.2, 0) is 0 Å². The molecular formula is C14H18BrNO. The monoisotopic (exact) mass is 295 g/mol. The molecule has 0 spiro atoms. The maximum Gasteiger partial charge on any atom is 0.167 e. The first-order valence-corrected chi connectivity index (χ1v) is 7.14. The summed E-state index contributed by atoms with van der Waals surface area (Å²) in [6.07, 6.45) is 9.14. The van der Waals surface area contributed by atoms with Crippen molar-refractivity contribution in [3.8, 4) is 0 Å². The van der Waals surface area contributed by atoms with Crippen LogP contribution in [0.5, 0.6) is 0 Å². The highest BCUT2D eigenvalue weighted by atomic mass is 79.9. The summed E-state index contributed by atoms with van der Waals surface area (Å²) in [5.41, 5.74) is 0.749. The Labute approximate surface area is 111 Å². The lowest BCUT2D eigenvalue weighted by atomic mass is 9.78. The minimum atomic E-state index is 0.217. The quantitative estimate of drug-likeness (QED) is 0.781. The van der Waals surface area contributed by atoms with Crippen LogP contribution in [0.2, 0.25) is 0 Å². The van der Waals surface area contributed by atoms with Crippen LogP contribution < -0.4 is 0 Å². The molecule has 2 rings (SSSR count). The molecular weight excluding hydrogens is 278 g/mol. The molecule has 92 valence electrons. The molecule has 17 heavy (non-hydrogen) atoms. The second-order valence-corrected chi connectivity index (χ2v) is 5.80. The SMILES string of the molecule is CCC1CCC(C(=O)c2cncc(Br)c2)CC1. The molecule has 0 atom stereocenters. The van der Waals surface area contributed by atoms with Crippen molar-refractivity contribution in [2.24, 2.45) is 11.8 Å². The Bertz CT molecular complexity index is 397. The fraction of sp³-hybridized carbons (Fsp3) is 0.571. The van der Waals surface area contributed by atoms with Gasteiger partial charge in [0.2, 0.25) is 0 Å². The van der Waals surface area contributed by atoms with Crippen LogP contribution in [0.3, 0.4) is 0 Å². The number of carbonyl (C=O) groups excluding carboxylic acids is 1. The highest BCUT2D eigenvalue weighted by Gasteiger charge is 2.26. The first-order chi connectivity index (χ1) is 8.20. The number of nitrogens with zero attached hydrogens (tertiary/aromatic N) is 1. The van der Waals surface area contributed by atoms with Crippen LogP contribution in [0, 0.1) is 11.8 Å². The average molecular weight is 296 g/mol. The molecule has 1 saturated carbocycles. The number of aromatic nitrogens is 1. The zero-order valence-corrected chi connectivity index (χ0v) is 11.7. The van der Waals surface area contributed by atoms with Gasteiger partial charge in [-0.15, -0.1) is 0 Å². The van der Waals surface area contributed by atoms with E-state index in [1.54, 1.807) is 12.4 Å². The van der Waals surface area contributed by atoms with Gasteiger partial charge in [0.15, 0.2) is 5.78 Å². The first kappa shape index (κ1) is 12.7. The molecule has 0 radical (unpaired) electrons. The summed E-state index contributed by atoms with van der Waals surface area (Å²) in [6.45, 7) is 2.24. The van der Waals surface area contributed by atoms with Crippen LogP contribution >= 0.6 is 15.9 Å². The fourth-order valence-corrected chi connectivity index (χ4v) is 2.98. The number of halogens is 1. The third kappa shape index (κ3) is 3.15. The average Bonchev–Trinajstić information content (AvgIpc) is 2.38. The summed E-state index contributed by atoms with van der Waals surface area (Å²) < 4.78 is 0.880. The van der Waals surface area contributed by atoms with Gasteiger partial charge in [0.05, 0.1) is 0 Å². The summed E-state index contributed by atoms with van der Waals surface area (Å²) >= 11 is 3.36. The maximum atomic E-state index is 12.3. The summed E-state index contributed by atoms with van der Waals surface area (Å²) in [6, 6.07) is 1.88. The number of hydrogen-bond donors (Lipinski definition) is 0. The van der Waals surface area contributed by atoms with Crippen molar-refractivity contribution < 1.29 is 4.79 Å².